The Morgan fingerprint density at radius 3 is 2.30 bits per heavy atom. The van der Waals surface area contributed by atoms with Gasteiger partial charge in [-0.1, -0.05) is 6.42 Å². The van der Waals surface area contributed by atoms with Gasteiger partial charge < -0.3 is 5.73 Å². The molecule has 2 nitrogen and oxygen atoms in total. The van der Waals surface area contributed by atoms with E-state index in [2.05, 4.69) is 0 Å². The van der Waals surface area contributed by atoms with Gasteiger partial charge in [0, 0.05) is 18.4 Å². The van der Waals surface area contributed by atoms with Crippen molar-refractivity contribution in [3.8, 4) is 0 Å². The summed E-state index contributed by atoms with van der Waals surface area (Å²) in [4.78, 5) is 10.7. The van der Waals surface area contributed by atoms with E-state index in [1.807, 2.05) is 0 Å². The number of hydrogen-bond donors (Lipinski definition) is 1. The van der Waals surface area contributed by atoms with Crippen LogP contribution in [0.4, 0.5) is 0 Å². The van der Waals surface area contributed by atoms with Gasteiger partial charge in [0.1, 0.15) is 5.78 Å². The Bertz CT molecular complexity index is 164. The minimum Gasteiger partial charge on any atom is -0.324 e. The van der Waals surface area contributed by atoms with Crippen LogP contribution in [0.2, 0.25) is 0 Å². The van der Waals surface area contributed by atoms with Crippen molar-refractivity contribution in [3.05, 3.63) is 0 Å². The van der Waals surface area contributed by atoms with E-state index in [1.54, 1.807) is 0 Å². The number of rotatable bonds is 1. The van der Waals surface area contributed by atoms with E-state index >= 15 is 0 Å². The summed E-state index contributed by atoms with van der Waals surface area (Å²) in [6.45, 7) is 0. The Morgan fingerprint density at radius 1 is 1.40 bits per heavy atom. The van der Waals surface area contributed by atoms with Crippen molar-refractivity contribution in [3.63, 3.8) is 0 Å². The number of hydrogen-bond acceptors (Lipinski definition) is 2. The Kier molecular flexibility index (Phi) is 1.15. The molecule has 0 aliphatic heterocycles. The van der Waals surface area contributed by atoms with Crippen molar-refractivity contribution in [2.24, 2.45) is 11.7 Å². The third kappa shape index (κ3) is 0.717. The van der Waals surface area contributed by atoms with Gasteiger partial charge in [0.05, 0.1) is 0 Å². The summed E-state index contributed by atoms with van der Waals surface area (Å²) >= 11 is 0. The fourth-order valence-electron chi connectivity index (χ4n) is 1.95. The highest BCUT2D eigenvalue weighted by atomic mass is 16.1. The molecule has 0 radical (unpaired) electrons. The maximum Gasteiger partial charge on any atom is 0.136 e. The van der Waals surface area contributed by atoms with Gasteiger partial charge in [0.15, 0.2) is 0 Å². The predicted octanol–water partition coefficient (Wildman–Crippen LogP) is 0.847. The minimum absolute atomic E-state index is 0.0602. The van der Waals surface area contributed by atoms with E-state index in [4.69, 9.17) is 5.73 Å². The van der Waals surface area contributed by atoms with Crippen LogP contribution in [0.15, 0.2) is 0 Å². The molecule has 2 heteroatoms. The van der Waals surface area contributed by atoms with Crippen LogP contribution in [0.3, 0.4) is 0 Å². The Balaban J connectivity index is 1.96. The molecule has 0 amide bonds. The van der Waals surface area contributed by atoms with Crippen molar-refractivity contribution >= 4 is 5.78 Å². The molecule has 0 aromatic rings. The maximum atomic E-state index is 10.7. The lowest BCUT2D eigenvalue weighted by molar-refractivity contribution is -0.131. The van der Waals surface area contributed by atoms with Crippen molar-refractivity contribution in [1.29, 1.82) is 0 Å². The molecule has 2 saturated carbocycles. The standard InChI is InChI=1S/C8H13NO/c9-8(4-7(10)5-8)6-2-1-3-6/h6H,1-5,9H2. The smallest absolute Gasteiger partial charge is 0.136 e. The van der Waals surface area contributed by atoms with Gasteiger partial charge >= 0.3 is 0 Å². The molecule has 2 fully saturated rings. The zero-order valence-electron chi connectivity index (χ0n) is 6.10. The Labute approximate surface area is 60.8 Å². The first-order valence-electron chi connectivity index (χ1n) is 4.01. The number of carbonyl (C=O) groups excluding carboxylic acids is 1. The SMILES string of the molecule is NC1(C2CCC2)CC(=O)C1. The molecule has 10 heavy (non-hydrogen) atoms. The molecule has 0 unspecified atom stereocenters. The van der Waals surface area contributed by atoms with Gasteiger partial charge in [-0.25, -0.2) is 0 Å². The van der Waals surface area contributed by atoms with Crippen LogP contribution in [0.1, 0.15) is 32.1 Å². The van der Waals surface area contributed by atoms with E-state index in [9.17, 15) is 4.79 Å². The molecule has 0 heterocycles. The molecule has 2 aliphatic carbocycles. The quantitative estimate of drug-likeness (QED) is 0.585. The summed E-state index contributed by atoms with van der Waals surface area (Å²) in [5, 5.41) is 0. The van der Waals surface area contributed by atoms with E-state index in [1.165, 1.54) is 19.3 Å². The van der Waals surface area contributed by atoms with Gasteiger partial charge in [-0.15, -0.1) is 0 Å². The summed E-state index contributed by atoms with van der Waals surface area (Å²) in [6.07, 6.45) is 5.13. The molecular formula is C8H13NO. The second-order valence-electron chi connectivity index (χ2n) is 3.75. The number of ketones is 1. The third-order valence-corrected chi connectivity index (χ3v) is 2.97. The fraction of sp³-hybridized carbons (Fsp3) is 0.875. The Morgan fingerprint density at radius 2 is 2.00 bits per heavy atom. The highest BCUT2D eigenvalue weighted by molar-refractivity contribution is 5.87. The molecule has 0 atom stereocenters. The lowest BCUT2D eigenvalue weighted by Gasteiger charge is -2.47. The van der Waals surface area contributed by atoms with Crippen molar-refractivity contribution in [2.45, 2.75) is 37.6 Å². The van der Waals surface area contributed by atoms with Crippen LogP contribution >= 0.6 is 0 Å². The Hall–Kier alpha value is -0.370. The van der Waals surface area contributed by atoms with E-state index in [0.717, 1.165) is 0 Å². The van der Waals surface area contributed by atoms with Crippen molar-refractivity contribution < 1.29 is 4.79 Å². The van der Waals surface area contributed by atoms with Crippen molar-refractivity contribution in [1.82, 2.24) is 0 Å². The first-order chi connectivity index (χ1) is 4.71. The molecule has 0 bridgehead atoms. The fourth-order valence-corrected chi connectivity index (χ4v) is 1.95. The highest BCUT2D eigenvalue weighted by Gasteiger charge is 2.47. The lowest BCUT2D eigenvalue weighted by Crippen LogP contribution is -2.59. The second kappa shape index (κ2) is 1.82. The van der Waals surface area contributed by atoms with E-state index < -0.39 is 0 Å². The van der Waals surface area contributed by atoms with Gasteiger partial charge in [-0.2, -0.15) is 0 Å². The summed E-state index contributed by atoms with van der Waals surface area (Å²) in [5.41, 5.74) is 5.92. The van der Waals surface area contributed by atoms with Gasteiger partial charge in [0.25, 0.3) is 0 Å². The maximum absolute atomic E-state index is 10.7. The van der Waals surface area contributed by atoms with Crippen LogP contribution in [-0.4, -0.2) is 11.3 Å². The van der Waals surface area contributed by atoms with Gasteiger partial charge in [-0.3, -0.25) is 4.79 Å². The van der Waals surface area contributed by atoms with E-state index in [-0.39, 0.29) is 5.54 Å². The van der Waals surface area contributed by atoms with Gasteiger partial charge in [-0.05, 0) is 18.8 Å². The van der Waals surface area contributed by atoms with Gasteiger partial charge in [0.2, 0.25) is 0 Å². The number of carbonyl (C=O) groups is 1. The number of nitrogens with two attached hydrogens (primary N) is 1. The summed E-state index contributed by atoms with van der Waals surface area (Å²) in [7, 11) is 0. The molecule has 2 N–H and O–H groups in total. The highest BCUT2D eigenvalue weighted by Crippen LogP contribution is 2.43. The molecule has 0 saturated heterocycles. The minimum atomic E-state index is -0.0602. The molecule has 2 aliphatic rings. The molecule has 56 valence electrons. The normalized spacial score (nSPS) is 31.1. The average Bonchev–Trinajstić information content (AvgIpc) is 1.54. The zero-order valence-corrected chi connectivity index (χ0v) is 6.10. The number of Topliss-reactive ketones (excluding diaryl/α,β-unsaturated/α-hetero) is 1. The molecular weight excluding hydrogens is 126 g/mol. The monoisotopic (exact) mass is 139 g/mol. The molecule has 0 aromatic carbocycles. The van der Waals surface area contributed by atoms with Crippen LogP contribution in [0, 0.1) is 5.92 Å². The first-order valence-corrected chi connectivity index (χ1v) is 4.01. The molecule has 0 aromatic heterocycles. The zero-order chi connectivity index (χ0) is 7.19. The summed E-state index contributed by atoms with van der Waals surface area (Å²) < 4.78 is 0. The third-order valence-electron chi connectivity index (χ3n) is 2.97. The van der Waals surface area contributed by atoms with Crippen LogP contribution < -0.4 is 5.73 Å². The molecule has 0 spiro atoms. The summed E-state index contributed by atoms with van der Waals surface area (Å²) in [6, 6.07) is 0. The lowest BCUT2D eigenvalue weighted by atomic mass is 9.61. The molecule has 2 rings (SSSR count). The van der Waals surface area contributed by atoms with Crippen LogP contribution in [0.5, 0.6) is 0 Å². The summed E-state index contributed by atoms with van der Waals surface area (Å²) in [5.74, 6) is 1.03. The topological polar surface area (TPSA) is 43.1 Å². The van der Waals surface area contributed by atoms with E-state index in [0.29, 0.717) is 24.5 Å². The second-order valence-corrected chi connectivity index (χ2v) is 3.75. The first kappa shape index (κ1) is 6.35. The van der Waals surface area contributed by atoms with Crippen LogP contribution in [-0.2, 0) is 4.79 Å². The predicted molar refractivity (Wildman–Crippen MR) is 38.5 cm³/mol. The largest absolute Gasteiger partial charge is 0.324 e. The van der Waals surface area contributed by atoms with Crippen molar-refractivity contribution in [2.75, 3.05) is 0 Å². The average molecular weight is 139 g/mol. The van der Waals surface area contributed by atoms with Crippen LogP contribution in [0.25, 0.3) is 0 Å².